The van der Waals surface area contributed by atoms with Crippen LogP contribution in [0.5, 0.6) is 0 Å². The van der Waals surface area contributed by atoms with Crippen molar-refractivity contribution >= 4 is 17.4 Å². The van der Waals surface area contributed by atoms with Crippen LogP contribution in [0.4, 0.5) is 19.0 Å². The van der Waals surface area contributed by atoms with Gasteiger partial charge < -0.3 is 5.32 Å². The average molecular weight is 291 g/mol. The van der Waals surface area contributed by atoms with Crippen LogP contribution in [0.25, 0.3) is 0 Å². The van der Waals surface area contributed by atoms with Gasteiger partial charge in [0.05, 0.1) is 12.0 Å². The Labute approximate surface area is 112 Å². The minimum Gasteiger partial charge on any atom is -0.365 e. The first-order valence-electron chi connectivity index (χ1n) is 5.67. The molecule has 1 aliphatic carbocycles. The lowest BCUT2D eigenvalue weighted by molar-refractivity contribution is -0.137. The van der Waals surface area contributed by atoms with Gasteiger partial charge >= 0.3 is 6.18 Å². The number of nitrogens with one attached hydrogen (secondary N) is 1. The number of anilines is 1. The van der Waals surface area contributed by atoms with E-state index >= 15 is 0 Å². The fourth-order valence-electron chi connectivity index (χ4n) is 2.14. The van der Waals surface area contributed by atoms with Gasteiger partial charge in [0, 0.05) is 12.2 Å². The van der Waals surface area contributed by atoms with Gasteiger partial charge in [-0.05, 0) is 30.9 Å². The molecular weight excluding hydrogens is 281 g/mol. The molecule has 1 N–H and O–H groups in total. The van der Waals surface area contributed by atoms with E-state index in [1.54, 1.807) is 0 Å². The monoisotopic (exact) mass is 290 g/mol. The number of aromatic nitrogens is 2. The van der Waals surface area contributed by atoms with Gasteiger partial charge in [0.25, 0.3) is 0 Å². The van der Waals surface area contributed by atoms with Crippen LogP contribution in [-0.2, 0) is 6.18 Å². The summed E-state index contributed by atoms with van der Waals surface area (Å²) in [6.07, 6.45) is -1.80. The SMILES string of the molecule is N#C[C@@H]1CCC[C@H]1Nc1nc(Cl)ncc1C(F)(F)F. The molecule has 1 aliphatic rings. The zero-order valence-corrected chi connectivity index (χ0v) is 10.5. The molecule has 0 spiro atoms. The fourth-order valence-corrected chi connectivity index (χ4v) is 2.27. The molecule has 0 amide bonds. The summed E-state index contributed by atoms with van der Waals surface area (Å²) in [5, 5.41) is 11.3. The molecule has 1 aromatic heterocycles. The number of halogens is 4. The van der Waals surface area contributed by atoms with E-state index in [1.807, 2.05) is 0 Å². The summed E-state index contributed by atoms with van der Waals surface area (Å²) in [6.45, 7) is 0. The molecular formula is C11H10ClF3N4. The maximum absolute atomic E-state index is 12.8. The highest BCUT2D eigenvalue weighted by molar-refractivity contribution is 6.28. The normalized spacial score (nSPS) is 23.1. The molecule has 2 rings (SSSR count). The van der Waals surface area contributed by atoms with Gasteiger partial charge in [-0.2, -0.15) is 18.4 Å². The molecule has 0 aliphatic heterocycles. The van der Waals surface area contributed by atoms with Crippen LogP contribution in [0.1, 0.15) is 24.8 Å². The summed E-state index contributed by atoms with van der Waals surface area (Å²) in [7, 11) is 0. The number of nitrogens with zero attached hydrogens (tertiary/aromatic N) is 3. The lowest BCUT2D eigenvalue weighted by Gasteiger charge is -2.19. The molecule has 1 heterocycles. The molecule has 0 saturated heterocycles. The third kappa shape index (κ3) is 3.07. The van der Waals surface area contributed by atoms with Crippen molar-refractivity contribution in [2.75, 3.05) is 5.32 Å². The van der Waals surface area contributed by atoms with Crippen molar-refractivity contribution in [3.8, 4) is 6.07 Å². The van der Waals surface area contributed by atoms with E-state index in [1.165, 1.54) is 0 Å². The fraction of sp³-hybridized carbons (Fsp3) is 0.545. The first-order valence-corrected chi connectivity index (χ1v) is 6.05. The van der Waals surface area contributed by atoms with E-state index in [4.69, 9.17) is 16.9 Å². The minimum atomic E-state index is -4.56. The zero-order valence-electron chi connectivity index (χ0n) is 9.71. The molecule has 4 nitrogen and oxygen atoms in total. The Kier molecular flexibility index (Phi) is 3.80. The van der Waals surface area contributed by atoms with E-state index in [-0.39, 0.29) is 23.1 Å². The molecule has 1 saturated carbocycles. The van der Waals surface area contributed by atoms with Crippen LogP contribution < -0.4 is 5.32 Å². The molecule has 19 heavy (non-hydrogen) atoms. The van der Waals surface area contributed by atoms with E-state index < -0.39 is 11.7 Å². The third-order valence-electron chi connectivity index (χ3n) is 3.07. The maximum atomic E-state index is 12.8. The topological polar surface area (TPSA) is 61.6 Å². The van der Waals surface area contributed by atoms with E-state index in [0.29, 0.717) is 19.0 Å². The van der Waals surface area contributed by atoms with Crippen LogP contribution >= 0.6 is 11.6 Å². The molecule has 0 aromatic carbocycles. The summed E-state index contributed by atoms with van der Waals surface area (Å²) in [6, 6.07) is 1.75. The van der Waals surface area contributed by atoms with Crippen molar-refractivity contribution in [1.82, 2.24) is 9.97 Å². The zero-order chi connectivity index (χ0) is 14.0. The standard InChI is InChI=1S/C11H10ClF3N4/c12-10-17-5-7(11(13,14)15)9(19-10)18-8-3-1-2-6(8)4-16/h5-6,8H,1-3H2,(H,17,18,19)/t6-,8+/m0/s1. The smallest absolute Gasteiger partial charge is 0.365 e. The van der Waals surface area contributed by atoms with Crippen molar-refractivity contribution in [1.29, 1.82) is 5.26 Å². The lowest BCUT2D eigenvalue weighted by atomic mass is 10.1. The summed E-state index contributed by atoms with van der Waals surface area (Å²) < 4.78 is 38.4. The van der Waals surface area contributed by atoms with Gasteiger partial charge in [0.15, 0.2) is 0 Å². The van der Waals surface area contributed by atoms with Crippen molar-refractivity contribution < 1.29 is 13.2 Å². The second kappa shape index (κ2) is 5.21. The number of hydrogen-bond donors (Lipinski definition) is 1. The van der Waals surface area contributed by atoms with Crippen molar-refractivity contribution in [3.05, 3.63) is 17.0 Å². The third-order valence-corrected chi connectivity index (χ3v) is 3.25. The highest BCUT2D eigenvalue weighted by atomic mass is 35.5. The predicted molar refractivity (Wildman–Crippen MR) is 62.4 cm³/mol. The van der Waals surface area contributed by atoms with Crippen LogP contribution in [0, 0.1) is 17.2 Å². The lowest BCUT2D eigenvalue weighted by Crippen LogP contribution is -2.25. The number of alkyl halides is 3. The molecule has 1 fully saturated rings. The molecule has 0 unspecified atom stereocenters. The minimum absolute atomic E-state index is 0.262. The summed E-state index contributed by atoms with van der Waals surface area (Å²) >= 11 is 5.53. The molecule has 102 valence electrons. The van der Waals surface area contributed by atoms with E-state index in [2.05, 4.69) is 21.4 Å². The Morgan fingerprint density at radius 3 is 2.79 bits per heavy atom. The van der Waals surface area contributed by atoms with Gasteiger partial charge in [-0.3, -0.25) is 0 Å². The molecule has 8 heteroatoms. The largest absolute Gasteiger partial charge is 0.421 e. The molecule has 2 atom stereocenters. The first kappa shape index (κ1) is 13.9. The Hall–Kier alpha value is -1.55. The highest BCUT2D eigenvalue weighted by Gasteiger charge is 2.37. The highest BCUT2D eigenvalue weighted by Crippen LogP contribution is 2.36. The van der Waals surface area contributed by atoms with Gasteiger partial charge in [0.1, 0.15) is 11.4 Å². The number of hydrogen-bond acceptors (Lipinski definition) is 4. The van der Waals surface area contributed by atoms with Crippen LogP contribution in [0.2, 0.25) is 5.28 Å². The molecule has 1 aromatic rings. The summed E-state index contributed by atoms with van der Waals surface area (Å²) in [4.78, 5) is 6.93. The second-order valence-corrected chi connectivity index (χ2v) is 4.65. The van der Waals surface area contributed by atoms with E-state index in [9.17, 15) is 13.2 Å². The van der Waals surface area contributed by atoms with Crippen molar-refractivity contribution in [2.24, 2.45) is 5.92 Å². The second-order valence-electron chi connectivity index (χ2n) is 4.32. The summed E-state index contributed by atoms with van der Waals surface area (Å²) in [5.41, 5.74) is -0.972. The molecule has 0 bridgehead atoms. The van der Waals surface area contributed by atoms with Gasteiger partial charge in [-0.25, -0.2) is 9.97 Å². The van der Waals surface area contributed by atoms with E-state index in [0.717, 1.165) is 6.42 Å². The van der Waals surface area contributed by atoms with Gasteiger partial charge in [-0.1, -0.05) is 0 Å². The Bertz CT molecular complexity index is 512. The van der Waals surface area contributed by atoms with Crippen molar-refractivity contribution in [2.45, 2.75) is 31.5 Å². The van der Waals surface area contributed by atoms with Crippen LogP contribution in [0.3, 0.4) is 0 Å². The predicted octanol–water partition coefficient (Wildman–Crippen LogP) is 3.25. The molecule has 0 radical (unpaired) electrons. The number of rotatable bonds is 2. The first-order chi connectivity index (χ1) is 8.91. The quantitative estimate of drug-likeness (QED) is 0.849. The van der Waals surface area contributed by atoms with Gasteiger partial charge in [0.2, 0.25) is 5.28 Å². The van der Waals surface area contributed by atoms with Crippen LogP contribution in [0.15, 0.2) is 6.20 Å². The average Bonchev–Trinajstić information content (AvgIpc) is 2.74. The number of nitriles is 1. The van der Waals surface area contributed by atoms with Crippen LogP contribution in [-0.4, -0.2) is 16.0 Å². The Morgan fingerprint density at radius 2 is 2.16 bits per heavy atom. The Balaban J connectivity index is 2.29. The van der Waals surface area contributed by atoms with Gasteiger partial charge in [-0.15, -0.1) is 0 Å². The van der Waals surface area contributed by atoms with Crippen molar-refractivity contribution in [3.63, 3.8) is 0 Å². The summed E-state index contributed by atoms with van der Waals surface area (Å²) in [5.74, 6) is -0.672. The maximum Gasteiger partial charge on any atom is 0.421 e. The Morgan fingerprint density at radius 1 is 1.42 bits per heavy atom.